The Morgan fingerprint density at radius 3 is 2.67 bits per heavy atom. The molecule has 3 heteroatoms. The summed E-state index contributed by atoms with van der Waals surface area (Å²) in [6, 6.07) is 4.93. The number of anilines is 1. The molecule has 1 fully saturated rings. The predicted octanol–water partition coefficient (Wildman–Crippen LogP) is 2.63. The van der Waals surface area contributed by atoms with Gasteiger partial charge in [0.25, 0.3) is 0 Å². The van der Waals surface area contributed by atoms with Gasteiger partial charge in [0.05, 0.1) is 0 Å². The first-order valence-corrected chi connectivity index (χ1v) is 5.13. The molecule has 0 heterocycles. The smallest absolute Gasteiger partial charge is 0.161 e. The van der Waals surface area contributed by atoms with Crippen LogP contribution in [0, 0.1) is 5.82 Å². The fourth-order valence-electron chi connectivity index (χ4n) is 1.76. The molecular formula is C12H14FNO. The molecular weight excluding hydrogens is 193 g/mol. The minimum Gasteiger partial charge on any atom is -0.371 e. The summed E-state index contributed by atoms with van der Waals surface area (Å²) in [6.07, 6.45) is 2.32. The molecule has 1 aliphatic carbocycles. The van der Waals surface area contributed by atoms with Crippen LogP contribution in [0.3, 0.4) is 0 Å². The Morgan fingerprint density at radius 1 is 1.47 bits per heavy atom. The SMILES string of the molecule is CC(=O)c1cc(F)ccc1N(C)C1CC1. The maximum absolute atomic E-state index is 13.0. The minimum atomic E-state index is -0.354. The van der Waals surface area contributed by atoms with Gasteiger partial charge in [-0.1, -0.05) is 0 Å². The third-order valence-corrected chi connectivity index (χ3v) is 2.81. The number of hydrogen-bond acceptors (Lipinski definition) is 2. The van der Waals surface area contributed by atoms with Crippen LogP contribution in [-0.2, 0) is 0 Å². The molecule has 1 aliphatic rings. The number of rotatable bonds is 3. The van der Waals surface area contributed by atoms with E-state index >= 15 is 0 Å². The van der Waals surface area contributed by atoms with Crippen molar-refractivity contribution in [3.8, 4) is 0 Å². The first kappa shape index (κ1) is 10.1. The van der Waals surface area contributed by atoms with Gasteiger partial charge in [-0.05, 0) is 38.0 Å². The highest BCUT2D eigenvalue weighted by Gasteiger charge is 2.28. The van der Waals surface area contributed by atoms with Crippen molar-refractivity contribution in [2.45, 2.75) is 25.8 Å². The zero-order valence-corrected chi connectivity index (χ0v) is 8.96. The molecule has 1 saturated carbocycles. The first-order valence-electron chi connectivity index (χ1n) is 5.13. The van der Waals surface area contributed by atoms with Crippen LogP contribution >= 0.6 is 0 Å². The van der Waals surface area contributed by atoms with E-state index in [-0.39, 0.29) is 11.6 Å². The van der Waals surface area contributed by atoms with Crippen LogP contribution in [-0.4, -0.2) is 18.9 Å². The van der Waals surface area contributed by atoms with Gasteiger partial charge in [0, 0.05) is 24.3 Å². The summed E-state index contributed by atoms with van der Waals surface area (Å²) in [7, 11) is 1.96. The van der Waals surface area contributed by atoms with Crippen molar-refractivity contribution in [1.82, 2.24) is 0 Å². The third-order valence-electron chi connectivity index (χ3n) is 2.81. The van der Waals surface area contributed by atoms with Gasteiger partial charge in [0.2, 0.25) is 0 Å². The summed E-state index contributed by atoms with van der Waals surface area (Å²) in [5.74, 6) is -0.440. The molecule has 80 valence electrons. The molecule has 0 bridgehead atoms. The number of benzene rings is 1. The standard InChI is InChI=1S/C12H14FNO/c1-8(15)11-7-9(13)3-6-12(11)14(2)10-4-5-10/h3,6-7,10H,4-5H2,1-2H3. The maximum atomic E-state index is 13.0. The monoisotopic (exact) mass is 207 g/mol. The number of nitrogens with zero attached hydrogens (tertiary/aromatic N) is 1. The number of Topliss-reactive ketones (excluding diaryl/α,β-unsaturated/α-hetero) is 1. The van der Waals surface area contributed by atoms with Gasteiger partial charge in [-0.2, -0.15) is 0 Å². The molecule has 0 N–H and O–H groups in total. The van der Waals surface area contributed by atoms with Crippen molar-refractivity contribution in [1.29, 1.82) is 0 Å². The highest BCUT2D eigenvalue weighted by molar-refractivity contribution is 5.99. The quantitative estimate of drug-likeness (QED) is 0.710. The Balaban J connectivity index is 2.40. The molecule has 0 aliphatic heterocycles. The first-order chi connectivity index (χ1) is 7.09. The lowest BCUT2D eigenvalue weighted by Crippen LogP contribution is -2.21. The highest BCUT2D eigenvalue weighted by atomic mass is 19.1. The van der Waals surface area contributed by atoms with Crippen molar-refractivity contribution >= 4 is 11.5 Å². The number of carbonyl (C=O) groups excluding carboxylic acids is 1. The molecule has 0 amide bonds. The van der Waals surface area contributed by atoms with Crippen molar-refractivity contribution in [3.05, 3.63) is 29.6 Å². The number of ketones is 1. The van der Waals surface area contributed by atoms with E-state index in [0.29, 0.717) is 11.6 Å². The maximum Gasteiger partial charge on any atom is 0.161 e. The van der Waals surface area contributed by atoms with Gasteiger partial charge in [0.1, 0.15) is 5.82 Å². The molecule has 0 saturated heterocycles. The fourth-order valence-corrected chi connectivity index (χ4v) is 1.76. The lowest BCUT2D eigenvalue weighted by molar-refractivity contribution is 0.101. The minimum absolute atomic E-state index is 0.0861. The van der Waals surface area contributed by atoms with Gasteiger partial charge in [-0.15, -0.1) is 0 Å². The summed E-state index contributed by atoms with van der Waals surface area (Å²) in [5, 5.41) is 0. The second-order valence-corrected chi connectivity index (χ2v) is 4.06. The number of carbonyl (C=O) groups is 1. The van der Waals surface area contributed by atoms with E-state index in [1.165, 1.54) is 19.1 Å². The molecule has 1 aromatic rings. The van der Waals surface area contributed by atoms with Crippen LogP contribution in [0.15, 0.2) is 18.2 Å². The average molecular weight is 207 g/mol. The number of hydrogen-bond donors (Lipinski definition) is 0. The Hall–Kier alpha value is -1.38. The van der Waals surface area contributed by atoms with Gasteiger partial charge in [-0.3, -0.25) is 4.79 Å². The van der Waals surface area contributed by atoms with Crippen molar-refractivity contribution in [2.75, 3.05) is 11.9 Å². The summed E-state index contributed by atoms with van der Waals surface area (Å²) in [6.45, 7) is 1.47. The van der Waals surface area contributed by atoms with E-state index in [1.807, 2.05) is 7.05 Å². The Morgan fingerprint density at radius 2 is 2.13 bits per heavy atom. The molecule has 1 aromatic carbocycles. The van der Waals surface area contributed by atoms with Gasteiger partial charge in [-0.25, -0.2) is 4.39 Å². The third kappa shape index (κ3) is 2.01. The van der Waals surface area contributed by atoms with Crippen molar-refractivity contribution < 1.29 is 9.18 Å². The van der Waals surface area contributed by atoms with Crippen LogP contribution < -0.4 is 4.90 Å². The van der Waals surface area contributed by atoms with Crippen molar-refractivity contribution in [3.63, 3.8) is 0 Å². The molecule has 0 radical (unpaired) electrons. The lowest BCUT2D eigenvalue weighted by atomic mass is 10.1. The number of halogens is 1. The predicted molar refractivity (Wildman–Crippen MR) is 57.8 cm³/mol. The molecule has 2 rings (SSSR count). The van der Waals surface area contributed by atoms with E-state index < -0.39 is 0 Å². The zero-order chi connectivity index (χ0) is 11.0. The van der Waals surface area contributed by atoms with Gasteiger partial charge < -0.3 is 4.90 Å². The van der Waals surface area contributed by atoms with Crippen molar-refractivity contribution in [2.24, 2.45) is 0 Å². The van der Waals surface area contributed by atoms with Gasteiger partial charge >= 0.3 is 0 Å². The van der Waals surface area contributed by atoms with E-state index in [2.05, 4.69) is 4.90 Å². The Labute approximate surface area is 88.7 Å². The largest absolute Gasteiger partial charge is 0.371 e. The average Bonchev–Trinajstić information content (AvgIpc) is 2.99. The Kier molecular flexibility index (Phi) is 2.47. The van der Waals surface area contributed by atoms with Crippen LogP contribution in [0.1, 0.15) is 30.1 Å². The summed E-state index contributed by atoms with van der Waals surface area (Å²) in [5.41, 5.74) is 1.32. The highest BCUT2D eigenvalue weighted by Crippen LogP contribution is 2.32. The van der Waals surface area contributed by atoms with E-state index in [1.54, 1.807) is 6.07 Å². The molecule has 15 heavy (non-hydrogen) atoms. The van der Waals surface area contributed by atoms with Gasteiger partial charge in [0.15, 0.2) is 5.78 Å². The zero-order valence-electron chi connectivity index (χ0n) is 8.96. The molecule has 0 atom stereocenters. The Bertz CT molecular complexity index is 399. The molecule has 0 unspecified atom stereocenters. The summed E-state index contributed by atoms with van der Waals surface area (Å²) in [4.78, 5) is 13.4. The summed E-state index contributed by atoms with van der Waals surface area (Å²) < 4.78 is 13.0. The van der Waals surface area contributed by atoms with Crippen LogP contribution in [0.2, 0.25) is 0 Å². The van der Waals surface area contributed by atoms with E-state index in [9.17, 15) is 9.18 Å². The topological polar surface area (TPSA) is 20.3 Å². The molecule has 0 aromatic heterocycles. The normalized spacial score (nSPS) is 15.1. The second-order valence-electron chi connectivity index (χ2n) is 4.06. The summed E-state index contributed by atoms with van der Waals surface area (Å²) >= 11 is 0. The van der Waals surface area contributed by atoms with E-state index in [0.717, 1.165) is 18.5 Å². The van der Waals surface area contributed by atoms with E-state index in [4.69, 9.17) is 0 Å². The molecule has 0 spiro atoms. The van der Waals surface area contributed by atoms with Crippen LogP contribution in [0.25, 0.3) is 0 Å². The second kappa shape index (κ2) is 3.65. The fraction of sp³-hybridized carbons (Fsp3) is 0.417. The van der Waals surface area contributed by atoms with Crippen LogP contribution in [0.5, 0.6) is 0 Å². The molecule has 2 nitrogen and oxygen atoms in total. The van der Waals surface area contributed by atoms with Crippen LogP contribution in [0.4, 0.5) is 10.1 Å². The lowest BCUT2D eigenvalue weighted by Gasteiger charge is -2.21.